The lowest BCUT2D eigenvalue weighted by atomic mass is 10.2. The molecule has 0 aliphatic rings. The van der Waals surface area contributed by atoms with Crippen LogP contribution in [0.5, 0.6) is 11.5 Å². The number of hydrogen-bond acceptors (Lipinski definition) is 4. The molecule has 0 saturated carbocycles. The Kier molecular flexibility index (Phi) is 6.87. The molecule has 1 heterocycles. The highest BCUT2D eigenvalue weighted by molar-refractivity contribution is 9.10. The van der Waals surface area contributed by atoms with E-state index in [1.165, 1.54) is 0 Å². The lowest BCUT2D eigenvalue weighted by molar-refractivity contribution is 0.0951. The van der Waals surface area contributed by atoms with Gasteiger partial charge >= 0.3 is 0 Å². The second-order valence-corrected chi connectivity index (χ2v) is 5.83. The summed E-state index contributed by atoms with van der Waals surface area (Å²) in [6.45, 7) is 5.14. The number of amides is 1. The number of H-pyrrole nitrogens is 1. The van der Waals surface area contributed by atoms with Crippen LogP contribution in [-0.4, -0.2) is 30.3 Å². The minimum Gasteiger partial charge on any atom is -0.490 e. The van der Waals surface area contributed by atoms with E-state index in [4.69, 9.17) is 9.47 Å². The zero-order valence-corrected chi connectivity index (χ0v) is 15.2. The summed E-state index contributed by atoms with van der Waals surface area (Å²) in [6.07, 6.45) is 4.17. The Morgan fingerprint density at radius 1 is 1.29 bits per heavy atom. The van der Waals surface area contributed by atoms with Crippen LogP contribution in [-0.2, 0) is 0 Å². The first kappa shape index (κ1) is 18.1. The van der Waals surface area contributed by atoms with E-state index >= 15 is 0 Å². The summed E-state index contributed by atoms with van der Waals surface area (Å²) in [5.74, 6) is 1.05. The van der Waals surface area contributed by atoms with Crippen molar-refractivity contribution in [2.24, 2.45) is 5.10 Å². The lowest BCUT2D eigenvalue weighted by Crippen LogP contribution is -2.17. The second kappa shape index (κ2) is 9.12. The van der Waals surface area contributed by atoms with Gasteiger partial charge in [-0.15, -0.1) is 0 Å². The van der Waals surface area contributed by atoms with E-state index in [1.807, 2.05) is 32.0 Å². The average molecular weight is 394 g/mol. The maximum atomic E-state index is 11.9. The minimum atomic E-state index is -0.315. The number of rotatable bonds is 8. The molecular weight excluding hydrogens is 374 g/mol. The quantitative estimate of drug-likeness (QED) is 0.529. The second-order valence-electron chi connectivity index (χ2n) is 4.92. The van der Waals surface area contributed by atoms with E-state index in [-0.39, 0.29) is 5.91 Å². The highest BCUT2D eigenvalue weighted by Crippen LogP contribution is 2.28. The summed E-state index contributed by atoms with van der Waals surface area (Å²) in [7, 11) is 0. The van der Waals surface area contributed by atoms with Crippen LogP contribution in [0.1, 0.15) is 36.3 Å². The molecule has 0 atom stereocenters. The summed E-state index contributed by atoms with van der Waals surface area (Å²) in [5.41, 5.74) is 3.70. The number of hydrogen-bond donors (Lipinski definition) is 2. The molecule has 6 nitrogen and oxygen atoms in total. The van der Waals surface area contributed by atoms with Crippen LogP contribution in [0.25, 0.3) is 0 Å². The molecule has 0 aliphatic heterocycles. The zero-order chi connectivity index (χ0) is 17.4. The van der Waals surface area contributed by atoms with Crippen molar-refractivity contribution in [3.63, 3.8) is 0 Å². The molecule has 128 valence electrons. The van der Waals surface area contributed by atoms with Crippen molar-refractivity contribution in [3.8, 4) is 11.5 Å². The number of ether oxygens (including phenoxy) is 2. The van der Waals surface area contributed by atoms with Crippen molar-refractivity contribution in [1.29, 1.82) is 0 Å². The van der Waals surface area contributed by atoms with Crippen LogP contribution in [0.4, 0.5) is 0 Å². The third kappa shape index (κ3) is 5.13. The normalized spacial score (nSPS) is 10.8. The van der Waals surface area contributed by atoms with Gasteiger partial charge in [-0.2, -0.15) is 5.10 Å². The van der Waals surface area contributed by atoms with Gasteiger partial charge in [0, 0.05) is 10.7 Å². The number of nitrogens with zero attached hydrogens (tertiary/aromatic N) is 1. The number of halogens is 1. The van der Waals surface area contributed by atoms with Crippen molar-refractivity contribution in [2.75, 3.05) is 13.2 Å². The molecule has 0 aliphatic carbocycles. The maximum Gasteiger partial charge on any atom is 0.287 e. The molecule has 1 amide bonds. The molecule has 0 fully saturated rings. The number of carbonyl (C=O) groups is 1. The molecule has 0 spiro atoms. The highest BCUT2D eigenvalue weighted by atomic mass is 79.9. The molecule has 2 rings (SSSR count). The number of carbonyl (C=O) groups excluding carboxylic acids is 1. The Bertz CT molecular complexity index is 713. The van der Waals surface area contributed by atoms with Crippen molar-refractivity contribution in [1.82, 2.24) is 10.4 Å². The first-order valence-electron chi connectivity index (χ1n) is 7.71. The van der Waals surface area contributed by atoms with Crippen molar-refractivity contribution < 1.29 is 14.3 Å². The van der Waals surface area contributed by atoms with E-state index in [0.29, 0.717) is 30.4 Å². The van der Waals surface area contributed by atoms with Gasteiger partial charge in [0.15, 0.2) is 11.5 Å². The number of aromatic nitrogens is 1. The highest BCUT2D eigenvalue weighted by Gasteiger charge is 2.07. The van der Waals surface area contributed by atoms with Gasteiger partial charge in [-0.25, -0.2) is 5.43 Å². The minimum absolute atomic E-state index is 0.315. The Hall–Kier alpha value is -2.28. The predicted molar refractivity (Wildman–Crippen MR) is 96.9 cm³/mol. The number of aromatic amines is 1. The van der Waals surface area contributed by atoms with Crippen molar-refractivity contribution in [3.05, 3.63) is 46.2 Å². The van der Waals surface area contributed by atoms with Crippen LogP contribution in [0.2, 0.25) is 0 Å². The number of hydrazone groups is 1. The van der Waals surface area contributed by atoms with Crippen LogP contribution in [0, 0.1) is 0 Å². The van der Waals surface area contributed by atoms with Crippen LogP contribution in [0.3, 0.4) is 0 Å². The topological polar surface area (TPSA) is 75.7 Å². The third-order valence-corrected chi connectivity index (χ3v) is 3.46. The van der Waals surface area contributed by atoms with E-state index in [9.17, 15) is 4.79 Å². The van der Waals surface area contributed by atoms with E-state index < -0.39 is 0 Å². The maximum absolute atomic E-state index is 11.9. The molecule has 1 aromatic carbocycles. The van der Waals surface area contributed by atoms with Gasteiger partial charge in [0.05, 0.1) is 19.4 Å². The van der Waals surface area contributed by atoms with E-state index in [2.05, 4.69) is 31.4 Å². The number of benzene rings is 1. The standard InChI is InChI=1S/C17H20BrN3O3/c1-3-7-24-15-6-5-12(8-16(15)23-4-2)10-20-21-17(22)14-9-13(18)11-19-14/h5-6,8-11,19H,3-4,7H2,1-2H3,(H,21,22)/b20-10-. The molecule has 1 aromatic heterocycles. The fourth-order valence-electron chi connectivity index (χ4n) is 1.93. The van der Waals surface area contributed by atoms with Crippen LogP contribution in [0.15, 0.2) is 40.0 Å². The van der Waals surface area contributed by atoms with Gasteiger partial charge < -0.3 is 14.5 Å². The predicted octanol–water partition coefficient (Wildman–Crippen LogP) is 3.73. The third-order valence-electron chi connectivity index (χ3n) is 3.00. The van der Waals surface area contributed by atoms with Crippen LogP contribution < -0.4 is 14.9 Å². The Morgan fingerprint density at radius 2 is 2.12 bits per heavy atom. The summed E-state index contributed by atoms with van der Waals surface area (Å²) in [4.78, 5) is 14.7. The summed E-state index contributed by atoms with van der Waals surface area (Å²) >= 11 is 3.28. The zero-order valence-electron chi connectivity index (χ0n) is 13.6. The van der Waals surface area contributed by atoms with Gasteiger partial charge in [-0.1, -0.05) is 6.92 Å². The molecule has 7 heteroatoms. The Labute approximate surface area is 149 Å². The van der Waals surface area contributed by atoms with E-state index in [0.717, 1.165) is 16.5 Å². The number of nitrogens with one attached hydrogen (secondary N) is 2. The lowest BCUT2D eigenvalue weighted by Gasteiger charge is -2.11. The van der Waals surface area contributed by atoms with Crippen LogP contribution >= 0.6 is 15.9 Å². The smallest absolute Gasteiger partial charge is 0.287 e. The molecule has 0 radical (unpaired) electrons. The molecule has 0 bridgehead atoms. The first-order chi connectivity index (χ1) is 11.6. The van der Waals surface area contributed by atoms with Crippen molar-refractivity contribution >= 4 is 28.1 Å². The van der Waals surface area contributed by atoms with Gasteiger partial charge in [-0.05, 0) is 59.1 Å². The first-order valence-corrected chi connectivity index (χ1v) is 8.50. The van der Waals surface area contributed by atoms with Crippen molar-refractivity contribution in [2.45, 2.75) is 20.3 Å². The Morgan fingerprint density at radius 3 is 2.79 bits per heavy atom. The molecule has 24 heavy (non-hydrogen) atoms. The van der Waals surface area contributed by atoms with Gasteiger partial charge in [0.2, 0.25) is 0 Å². The fraction of sp³-hybridized carbons (Fsp3) is 0.294. The van der Waals surface area contributed by atoms with Gasteiger partial charge in [0.25, 0.3) is 5.91 Å². The Balaban J connectivity index is 2.03. The summed E-state index contributed by atoms with van der Waals surface area (Å²) < 4.78 is 12.0. The monoisotopic (exact) mass is 393 g/mol. The molecule has 2 aromatic rings. The fourth-order valence-corrected chi connectivity index (χ4v) is 2.27. The largest absolute Gasteiger partial charge is 0.490 e. The summed E-state index contributed by atoms with van der Waals surface area (Å²) in [6, 6.07) is 7.20. The van der Waals surface area contributed by atoms with Gasteiger partial charge in [-0.3, -0.25) is 4.79 Å². The van der Waals surface area contributed by atoms with E-state index in [1.54, 1.807) is 18.5 Å². The molecular formula is C17H20BrN3O3. The molecule has 2 N–H and O–H groups in total. The molecule has 0 unspecified atom stereocenters. The average Bonchev–Trinajstić information content (AvgIpc) is 3.01. The van der Waals surface area contributed by atoms with Gasteiger partial charge in [0.1, 0.15) is 5.69 Å². The SMILES string of the molecule is CCCOc1ccc(/C=N\NC(=O)c2cc(Br)c[nH]2)cc1OCC. The molecule has 0 saturated heterocycles. The summed E-state index contributed by atoms with van der Waals surface area (Å²) in [5, 5.41) is 3.96.